The molecule has 1 saturated heterocycles. The Morgan fingerprint density at radius 3 is 2.38 bits per heavy atom. The van der Waals surface area contributed by atoms with E-state index in [-0.39, 0.29) is 23.0 Å². The van der Waals surface area contributed by atoms with Crippen LogP contribution in [0, 0.1) is 5.92 Å². The topological polar surface area (TPSA) is 29.5 Å². The standard InChI is InChI=1S/C21H32INO2S/c1-15-18(22)12-13-19(25-15)20(17-10-11-17)23(26(24)21(2,3)4)14-16-8-6-5-7-9-16/h5-9,15,17-20H,10-14H2,1-4H3/t15?,18?,19-,20+,26+/m0/s1. The van der Waals surface area contributed by atoms with Gasteiger partial charge in [-0.15, -0.1) is 0 Å². The monoisotopic (exact) mass is 489 g/mol. The first-order valence-corrected chi connectivity index (χ1v) is 12.1. The van der Waals surface area contributed by atoms with E-state index in [1.807, 2.05) is 6.07 Å². The molecule has 0 aromatic heterocycles. The zero-order chi connectivity index (χ0) is 18.9. The number of halogens is 1. The Labute approximate surface area is 175 Å². The van der Waals surface area contributed by atoms with Gasteiger partial charge in [-0.25, -0.2) is 8.51 Å². The molecule has 1 aromatic carbocycles. The molecule has 2 fully saturated rings. The van der Waals surface area contributed by atoms with E-state index in [1.165, 1.54) is 24.8 Å². The summed E-state index contributed by atoms with van der Waals surface area (Å²) in [6.45, 7) is 9.16. The third-order valence-corrected chi connectivity index (χ3v) is 8.84. The highest BCUT2D eigenvalue weighted by Crippen LogP contribution is 2.43. The van der Waals surface area contributed by atoms with Crippen molar-refractivity contribution in [3.63, 3.8) is 0 Å². The third kappa shape index (κ3) is 5.09. The van der Waals surface area contributed by atoms with Gasteiger partial charge in [0.1, 0.15) is 11.0 Å². The zero-order valence-electron chi connectivity index (χ0n) is 16.4. The van der Waals surface area contributed by atoms with Crippen molar-refractivity contribution in [1.29, 1.82) is 0 Å². The summed E-state index contributed by atoms with van der Waals surface area (Å²) < 4.78 is 22.5. The number of ether oxygens (including phenoxy) is 1. The van der Waals surface area contributed by atoms with Gasteiger partial charge in [-0.3, -0.25) is 0 Å². The fraction of sp³-hybridized carbons (Fsp3) is 0.714. The first kappa shape index (κ1) is 20.7. The quantitative estimate of drug-likeness (QED) is 0.411. The number of hydrogen-bond acceptors (Lipinski definition) is 2. The van der Waals surface area contributed by atoms with E-state index < -0.39 is 11.0 Å². The van der Waals surface area contributed by atoms with Gasteiger partial charge < -0.3 is 4.74 Å². The maximum Gasteiger partial charge on any atom is 0.100 e. The van der Waals surface area contributed by atoms with Crippen LogP contribution in [0.5, 0.6) is 0 Å². The van der Waals surface area contributed by atoms with E-state index in [2.05, 4.69) is 78.9 Å². The second kappa shape index (κ2) is 8.58. The molecular weight excluding hydrogens is 457 g/mol. The first-order chi connectivity index (χ1) is 12.3. The van der Waals surface area contributed by atoms with Gasteiger partial charge in [-0.05, 0) is 64.9 Å². The van der Waals surface area contributed by atoms with E-state index in [9.17, 15) is 4.21 Å². The Morgan fingerprint density at radius 2 is 1.85 bits per heavy atom. The molecule has 1 aromatic rings. The van der Waals surface area contributed by atoms with Crippen molar-refractivity contribution in [2.24, 2.45) is 5.92 Å². The first-order valence-electron chi connectivity index (χ1n) is 9.79. The van der Waals surface area contributed by atoms with Crippen LogP contribution in [0.1, 0.15) is 58.9 Å². The average Bonchev–Trinajstić information content (AvgIpc) is 3.42. The Morgan fingerprint density at radius 1 is 1.19 bits per heavy atom. The Hall–Kier alpha value is 0.0200. The van der Waals surface area contributed by atoms with Gasteiger partial charge in [-0.1, -0.05) is 52.9 Å². The van der Waals surface area contributed by atoms with Crippen molar-refractivity contribution in [3.8, 4) is 0 Å². The summed E-state index contributed by atoms with van der Waals surface area (Å²) in [7, 11) is -1.06. The van der Waals surface area contributed by atoms with E-state index >= 15 is 0 Å². The number of benzene rings is 1. The lowest BCUT2D eigenvalue weighted by atomic mass is 9.96. The molecule has 1 aliphatic heterocycles. The van der Waals surface area contributed by atoms with Gasteiger partial charge in [0.05, 0.1) is 23.0 Å². The summed E-state index contributed by atoms with van der Waals surface area (Å²) >= 11 is 2.51. The molecule has 3 nitrogen and oxygen atoms in total. The van der Waals surface area contributed by atoms with E-state index in [0.29, 0.717) is 9.84 Å². The summed E-state index contributed by atoms with van der Waals surface area (Å²) in [5.74, 6) is 0.618. The summed E-state index contributed by atoms with van der Waals surface area (Å²) in [4.78, 5) is 0. The molecule has 0 radical (unpaired) electrons. The summed E-state index contributed by atoms with van der Waals surface area (Å²) in [6, 6.07) is 10.7. The fourth-order valence-corrected chi connectivity index (χ4v) is 5.82. The SMILES string of the molecule is CC1O[C@H]([C@@H](C2CC2)N(Cc2ccccc2)[S@](=O)C(C)(C)C)CCC1I. The van der Waals surface area contributed by atoms with Gasteiger partial charge in [0.25, 0.3) is 0 Å². The zero-order valence-corrected chi connectivity index (χ0v) is 19.3. The van der Waals surface area contributed by atoms with Crippen LogP contribution >= 0.6 is 22.6 Å². The van der Waals surface area contributed by atoms with Gasteiger partial charge in [0, 0.05) is 10.5 Å². The van der Waals surface area contributed by atoms with Gasteiger partial charge in [0.15, 0.2) is 0 Å². The molecule has 0 bridgehead atoms. The molecule has 0 spiro atoms. The lowest BCUT2D eigenvalue weighted by molar-refractivity contribution is -0.0689. The number of nitrogens with zero attached hydrogens (tertiary/aromatic N) is 1. The van der Waals surface area contributed by atoms with Gasteiger partial charge in [-0.2, -0.15) is 0 Å². The van der Waals surface area contributed by atoms with Crippen LogP contribution in [-0.4, -0.2) is 35.4 Å². The normalized spacial score (nSPS) is 29.5. The predicted octanol–water partition coefficient (Wildman–Crippen LogP) is 5.10. The molecule has 1 heterocycles. The molecule has 2 unspecified atom stereocenters. The van der Waals surface area contributed by atoms with Gasteiger partial charge in [0.2, 0.25) is 0 Å². The van der Waals surface area contributed by atoms with Crippen molar-refractivity contribution < 1.29 is 8.95 Å². The van der Waals surface area contributed by atoms with Crippen LogP contribution in [0.4, 0.5) is 0 Å². The minimum absolute atomic E-state index is 0.193. The molecule has 1 aliphatic carbocycles. The minimum Gasteiger partial charge on any atom is -0.373 e. The highest BCUT2D eigenvalue weighted by molar-refractivity contribution is 14.1. The Bertz CT molecular complexity index is 614. The lowest BCUT2D eigenvalue weighted by Crippen LogP contribution is -2.53. The fourth-order valence-electron chi connectivity index (χ4n) is 3.79. The molecule has 5 atom stereocenters. The second-order valence-electron chi connectivity index (χ2n) is 8.72. The van der Waals surface area contributed by atoms with Crippen molar-refractivity contribution in [1.82, 2.24) is 4.31 Å². The van der Waals surface area contributed by atoms with Crippen LogP contribution in [0.15, 0.2) is 30.3 Å². The third-order valence-electron chi connectivity index (χ3n) is 5.36. The number of hydrogen-bond donors (Lipinski definition) is 0. The summed E-state index contributed by atoms with van der Waals surface area (Å²) in [5.41, 5.74) is 1.23. The highest BCUT2D eigenvalue weighted by Gasteiger charge is 2.46. The molecule has 5 heteroatoms. The predicted molar refractivity (Wildman–Crippen MR) is 118 cm³/mol. The number of rotatable bonds is 6. The van der Waals surface area contributed by atoms with Crippen LogP contribution < -0.4 is 0 Å². The largest absolute Gasteiger partial charge is 0.373 e. The molecule has 3 rings (SSSR count). The second-order valence-corrected chi connectivity index (χ2v) is 12.5. The molecule has 2 aliphatic rings. The molecule has 26 heavy (non-hydrogen) atoms. The van der Waals surface area contributed by atoms with Crippen molar-refractivity contribution in [2.75, 3.05) is 0 Å². The molecule has 0 N–H and O–H groups in total. The van der Waals surface area contributed by atoms with Crippen molar-refractivity contribution in [3.05, 3.63) is 35.9 Å². The Kier molecular flexibility index (Phi) is 6.85. The van der Waals surface area contributed by atoms with Crippen LogP contribution in [0.25, 0.3) is 0 Å². The Balaban J connectivity index is 1.88. The van der Waals surface area contributed by atoms with Crippen molar-refractivity contribution >= 4 is 33.6 Å². The maximum atomic E-state index is 13.5. The van der Waals surface area contributed by atoms with E-state index in [4.69, 9.17) is 4.74 Å². The van der Waals surface area contributed by atoms with Crippen LogP contribution in [0.3, 0.4) is 0 Å². The van der Waals surface area contributed by atoms with Gasteiger partial charge >= 0.3 is 0 Å². The summed E-state index contributed by atoms with van der Waals surface area (Å²) in [5, 5.41) is 0. The summed E-state index contributed by atoms with van der Waals surface area (Å²) in [6.07, 6.45) is 5.21. The lowest BCUT2D eigenvalue weighted by Gasteiger charge is -2.43. The van der Waals surface area contributed by atoms with Crippen LogP contribution in [0.2, 0.25) is 0 Å². The molecule has 1 saturated carbocycles. The smallest absolute Gasteiger partial charge is 0.100 e. The minimum atomic E-state index is -1.06. The van der Waals surface area contributed by atoms with Crippen LogP contribution in [-0.2, 0) is 22.3 Å². The molecular formula is C21H32INO2S. The van der Waals surface area contributed by atoms with E-state index in [1.54, 1.807) is 0 Å². The van der Waals surface area contributed by atoms with Crippen molar-refractivity contribution in [2.45, 2.75) is 86.8 Å². The average molecular weight is 489 g/mol. The number of alkyl halides is 1. The molecule has 146 valence electrons. The maximum absolute atomic E-state index is 13.5. The highest BCUT2D eigenvalue weighted by atomic mass is 127. The molecule has 0 amide bonds. The van der Waals surface area contributed by atoms with E-state index in [0.717, 1.165) is 13.0 Å².